The zero-order valence-corrected chi connectivity index (χ0v) is 19.0. The highest BCUT2D eigenvalue weighted by Crippen LogP contribution is 2.30. The molecule has 1 saturated heterocycles. The lowest BCUT2D eigenvalue weighted by Crippen LogP contribution is -2.67. The number of ether oxygens (including phenoxy) is 2. The van der Waals surface area contributed by atoms with Gasteiger partial charge in [0.2, 0.25) is 17.7 Å². The molecule has 2 aliphatic rings. The Morgan fingerprint density at radius 2 is 1.64 bits per heavy atom. The second-order valence-electron chi connectivity index (χ2n) is 8.17. The highest BCUT2D eigenvalue weighted by Gasteiger charge is 2.45. The Bertz CT molecular complexity index is 927. The summed E-state index contributed by atoms with van der Waals surface area (Å²) in [5.41, 5.74) is 0.279. The summed E-state index contributed by atoms with van der Waals surface area (Å²) < 4.78 is 9.40. The monoisotopic (exact) mass is 459 g/mol. The van der Waals surface area contributed by atoms with E-state index in [1.165, 1.54) is 32.4 Å². The number of amides is 3. The predicted octanol–water partition coefficient (Wildman–Crippen LogP) is 1.64. The summed E-state index contributed by atoms with van der Waals surface area (Å²) in [5, 5.41) is 5.60. The first kappa shape index (κ1) is 24.2. The third-order valence-electron chi connectivity index (χ3n) is 6.08. The second-order valence-corrected chi connectivity index (χ2v) is 8.17. The molecule has 3 rings (SSSR count). The first-order valence-electron chi connectivity index (χ1n) is 11.0. The molecule has 0 radical (unpaired) electrons. The molecule has 1 aromatic rings. The van der Waals surface area contributed by atoms with Crippen molar-refractivity contribution < 1.29 is 33.4 Å². The van der Waals surface area contributed by atoms with Crippen LogP contribution in [0.4, 0.5) is 5.69 Å². The van der Waals surface area contributed by atoms with Crippen molar-refractivity contribution in [1.82, 2.24) is 10.2 Å². The molecule has 1 aromatic carbocycles. The molecule has 1 aliphatic carbocycles. The normalized spacial score (nSPS) is 22.0. The maximum Gasteiger partial charge on any atom is 0.337 e. The molecule has 178 valence electrons. The van der Waals surface area contributed by atoms with Crippen molar-refractivity contribution in [1.29, 1.82) is 0 Å². The van der Waals surface area contributed by atoms with Gasteiger partial charge >= 0.3 is 11.9 Å². The van der Waals surface area contributed by atoms with Gasteiger partial charge in [0, 0.05) is 18.2 Å². The maximum absolute atomic E-state index is 12.9. The van der Waals surface area contributed by atoms with Gasteiger partial charge in [0.1, 0.15) is 6.04 Å². The molecule has 10 nitrogen and oxygen atoms in total. The lowest BCUT2D eigenvalue weighted by Gasteiger charge is -2.48. The number of anilines is 1. The molecule has 33 heavy (non-hydrogen) atoms. The number of rotatable bonds is 6. The van der Waals surface area contributed by atoms with Gasteiger partial charge in [-0.05, 0) is 31.0 Å². The number of hydrogen-bond acceptors (Lipinski definition) is 7. The van der Waals surface area contributed by atoms with Crippen LogP contribution < -0.4 is 10.6 Å². The summed E-state index contributed by atoms with van der Waals surface area (Å²) >= 11 is 0. The second kappa shape index (κ2) is 10.5. The van der Waals surface area contributed by atoms with E-state index in [0.717, 1.165) is 25.7 Å². The van der Waals surface area contributed by atoms with Gasteiger partial charge in [-0.25, -0.2) is 9.59 Å². The number of carbonyl (C=O) groups is 5. The molecule has 3 atom stereocenters. The van der Waals surface area contributed by atoms with Gasteiger partial charge in [-0.2, -0.15) is 0 Å². The molecular formula is C23H29N3O7. The van der Waals surface area contributed by atoms with Crippen LogP contribution in [0.2, 0.25) is 0 Å². The molecule has 0 aromatic heterocycles. The molecule has 2 fully saturated rings. The molecular weight excluding hydrogens is 430 g/mol. The minimum atomic E-state index is -0.930. The van der Waals surface area contributed by atoms with Crippen molar-refractivity contribution in [3.8, 4) is 0 Å². The van der Waals surface area contributed by atoms with Crippen LogP contribution in [-0.4, -0.2) is 66.9 Å². The number of nitrogens with one attached hydrogen (secondary N) is 2. The van der Waals surface area contributed by atoms with Gasteiger partial charge in [0.15, 0.2) is 0 Å². The van der Waals surface area contributed by atoms with Gasteiger partial charge in [0.05, 0.1) is 37.8 Å². The molecule has 0 spiro atoms. The van der Waals surface area contributed by atoms with Crippen LogP contribution in [-0.2, 0) is 23.9 Å². The van der Waals surface area contributed by atoms with Gasteiger partial charge < -0.3 is 25.0 Å². The number of hydrogen-bond donors (Lipinski definition) is 2. The third-order valence-corrected chi connectivity index (χ3v) is 6.08. The quantitative estimate of drug-likeness (QED) is 0.618. The standard InChI is InChI=1S/C23H29N3O7/c1-4-20(28)26-17-8-6-5-7-16(17)25-21(29)18(26)12-19(27)24-15-10-13(22(30)32-2)9-14(11-15)23(31)33-3/h9-11,16-18H,4-8,12H2,1-3H3,(H,24,27)(H,25,29)/t16-,17-,18+/m0/s1. The van der Waals surface area contributed by atoms with Crippen LogP contribution in [0.5, 0.6) is 0 Å². The highest BCUT2D eigenvalue weighted by molar-refractivity contribution is 6.01. The summed E-state index contributed by atoms with van der Waals surface area (Å²) in [6, 6.07) is 2.87. The van der Waals surface area contributed by atoms with E-state index in [0.29, 0.717) is 0 Å². The van der Waals surface area contributed by atoms with E-state index >= 15 is 0 Å². The number of fused-ring (bicyclic) bond motifs is 1. The summed E-state index contributed by atoms with van der Waals surface area (Å²) in [6.45, 7) is 1.73. The summed E-state index contributed by atoms with van der Waals surface area (Å²) in [4.78, 5) is 64.0. The molecule has 10 heteroatoms. The molecule has 1 aliphatic heterocycles. The molecule has 2 N–H and O–H groups in total. The number of esters is 2. The van der Waals surface area contributed by atoms with Gasteiger partial charge in [0.25, 0.3) is 0 Å². The van der Waals surface area contributed by atoms with Crippen LogP contribution in [0.1, 0.15) is 66.2 Å². The van der Waals surface area contributed by atoms with E-state index < -0.39 is 23.9 Å². The SMILES string of the molecule is CCC(=O)N1[C@H](CC(=O)Nc2cc(C(=O)OC)cc(C(=O)OC)c2)C(=O)N[C@H]2CCCC[C@@H]21. The van der Waals surface area contributed by atoms with E-state index in [4.69, 9.17) is 9.47 Å². The van der Waals surface area contributed by atoms with E-state index in [1.807, 2.05) is 0 Å². The van der Waals surface area contributed by atoms with Crippen LogP contribution in [0.15, 0.2) is 18.2 Å². The summed E-state index contributed by atoms with van der Waals surface area (Å²) in [5.74, 6) is -2.43. The Morgan fingerprint density at radius 1 is 1.03 bits per heavy atom. The van der Waals surface area contributed by atoms with Crippen molar-refractivity contribution in [2.24, 2.45) is 0 Å². The highest BCUT2D eigenvalue weighted by atomic mass is 16.5. The van der Waals surface area contributed by atoms with Crippen LogP contribution >= 0.6 is 0 Å². The Kier molecular flexibility index (Phi) is 7.67. The summed E-state index contributed by atoms with van der Waals surface area (Å²) in [7, 11) is 2.40. The Balaban J connectivity index is 1.82. The summed E-state index contributed by atoms with van der Waals surface area (Å²) in [6.07, 6.45) is 3.51. The third kappa shape index (κ3) is 5.32. The smallest absolute Gasteiger partial charge is 0.337 e. The number of piperazine rings is 1. The zero-order valence-electron chi connectivity index (χ0n) is 19.0. The average molecular weight is 459 g/mol. The number of methoxy groups -OCH3 is 2. The number of carbonyl (C=O) groups excluding carboxylic acids is 5. The largest absolute Gasteiger partial charge is 0.465 e. The van der Waals surface area contributed by atoms with Gasteiger partial charge in [-0.15, -0.1) is 0 Å². The number of benzene rings is 1. The molecule has 1 saturated carbocycles. The van der Waals surface area contributed by atoms with Crippen molar-refractivity contribution in [3.05, 3.63) is 29.3 Å². The van der Waals surface area contributed by atoms with E-state index in [2.05, 4.69) is 10.6 Å². The van der Waals surface area contributed by atoms with Crippen molar-refractivity contribution in [2.45, 2.75) is 63.6 Å². The minimum absolute atomic E-state index is 0.0546. The van der Waals surface area contributed by atoms with E-state index in [1.54, 1.807) is 11.8 Å². The predicted molar refractivity (Wildman–Crippen MR) is 117 cm³/mol. The lowest BCUT2D eigenvalue weighted by molar-refractivity contribution is -0.151. The van der Waals surface area contributed by atoms with Gasteiger partial charge in [-0.3, -0.25) is 14.4 Å². The number of nitrogens with zero attached hydrogens (tertiary/aromatic N) is 1. The topological polar surface area (TPSA) is 131 Å². The fourth-order valence-electron chi connectivity index (χ4n) is 4.54. The molecule has 1 heterocycles. The molecule has 0 unspecified atom stereocenters. The van der Waals surface area contributed by atoms with E-state index in [9.17, 15) is 24.0 Å². The zero-order chi connectivity index (χ0) is 24.1. The molecule has 3 amide bonds. The Labute approximate surface area is 192 Å². The van der Waals surface area contributed by atoms with Crippen molar-refractivity contribution in [2.75, 3.05) is 19.5 Å². The Hall–Kier alpha value is -3.43. The van der Waals surface area contributed by atoms with Crippen molar-refractivity contribution in [3.63, 3.8) is 0 Å². The maximum atomic E-state index is 12.9. The molecule has 0 bridgehead atoms. The lowest BCUT2D eigenvalue weighted by atomic mass is 9.85. The van der Waals surface area contributed by atoms with Crippen molar-refractivity contribution >= 4 is 35.3 Å². The van der Waals surface area contributed by atoms with Gasteiger partial charge in [-0.1, -0.05) is 19.8 Å². The van der Waals surface area contributed by atoms with Crippen LogP contribution in [0.25, 0.3) is 0 Å². The minimum Gasteiger partial charge on any atom is -0.465 e. The first-order chi connectivity index (χ1) is 15.8. The fraction of sp³-hybridized carbons (Fsp3) is 0.522. The Morgan fingerprint density at radius 3 is 2.21 bits per heavy atom. The average Bonchev–Trinajstić information content (AvgIpc) is 2.82. The van der Waals surface area contributed by atoms with Crippen LogP contribution in [0.3, 0.4) is 0 Å². The first-order valence-corrected chi connectivity index (χ1v) is 11.0. The fourth-order valence-corrected chi connectivity index (χ4v) is 4.54. The van der Waals surface area contributed by atoms with E-state index in [-0.39, 0.29) is 53.6 Å². The van der Waals surface area contributed by atoms with Crippen LogP contribution in [0, 0.1) is 0 Å².